The summed E-state index contributed by atoms with van der Waals surface area (Å²) in [5.74, 6) is -2.20. The number of rotatable bonds is 10. The number of aliphatic hydroxyl groups excluding tert-OH is 1. The van der Waals surface area contributed by atoms with E-state index in [1.165, 1.54) is 0 Å². The molecule has 0 aliphatic carbocycles. The molecule has 1 aliphatic rings. The van der Waals surface area contributed by atoms with Crippen molar-refractivity contribution in [3.8, 4) is 0 Å². The summed E-state index contributed by atoms with van der Waals surface area (Å²) in [6.45, 7) is 9.02. The van der Waals surface area contributed by atoms with E-state index >= 15 is 0 Å². The van der Waals surface area contributed by atoms with Crippen LogP contribution < -0.4 is 16.4 Å². The van der Waals surface area contributed by atoms with Crippen molar-refractivity contribution < 1.29 is 33.5 Å². The smallest absolute Gasteiger partial charge is 0.412 e. The number of nitrogens with one attached hydrogen (secondary N) is 2. The monoisotopic (exact) mass is 585 g/mol. The third-order valence-electron chi connectivity index (χ3n) is 7.40. The average molecular weight is 586 g/mol. The van der Waals surface area contributed by atoms with Gasteiger partial charge in [0.2, 0.25) is 0 Å². The van der Waals surface area contributed by atoms with Crippen LogP contribution in [-0.2, 0) is 32.1 Å². The number of carbonyl (C=O) groups excluding carboxylic acids is 4. The summed E-state index contributed by atoms with van der Waals surface area (Å²) in [6, 6.07) is 15.9. The maximum absolute atomic E-state index is 14.1. The highest BCUT2D eigenvalue weighted by Crippen LogP contribution is 2.40. The molecular weight excluding hydrogens is 548 g/mol. The Bertz CT molecular complexity index is 1270. The van der Waals surface area contributed by atoms with Gasteiger partial charge in [-0.3, -0.25) is 14.9 Å². The summed E-state index contributed by atoms with van der Waals surface area (Å²) in [6.07, 6.45) is -2.40. The van der Waals surface area contributed by atoms with Crippen molar-refractivity contribution in [2.75, 3.05) is 6.54 Å². The number of carbonyl (C=O) groups is 4. The molecule has 1 saturated heterocycles. The number of alkyl halides is 1. The molecule has 0 bridgehead atoms. The largest absolute Gasteiger partial charge is 0.444 e. The predicted molar refractivity (Wildman–Crippen MR) is 154 cm³/mol. The van der Waals surface area contributed by atoms with Crippen LogP contribution in [0.1, 0.15) is 38.3 Å². The Balaban J connectivity index is 1.81. The van der Waals surface area contributed by atoms with Crippen molar-refractivity contribution in [1.82, 2.24) is 10.6 Å². The van der Waals surface area contributed by atoms with E-state index in [4.69, 9.17) is 22.1 Å². The third-order valence-corrected chi connectivity index (χ3v) is 7.72. The molecule has 0 aromatic heterocycles. The third kappa shape index (κ3) is 7.52. The number of alkyl carbamates (subject to hydrolysis) is 1. The summed E-state index contributed by atoms with van der Waals surface area (Å²) in [5.41, 5.74) is 6.02. The van der Waals surface area contributed by atoms with Gasteiger partial charge in [-0.15, -0.1) is 11.6 Å². The Morgan fingerprint density at radius 3 is 2.17 bits per heavy atom. The van der Waals surface area contributed by atoms with E-state index < -0.39 is 57.4 Å². The lowest BCUT2D eigenvalue weighted by Gasteiger charge is -2.47. The molecule has 2 aromatic rings. The molecule has 0 spiro atoms. The number of hydrogen-bond donors (Lipinski definition) is 4. The first kappa shape index (κ1) is 31.8. The lowest BCUT2D eigenvalue weighted by atomic mass is 9.93. The van der Waals surface area contributed by atoms with E-state index in [0.29, 0.717) is 0 Å². The molecule has 1 heterocycles. The van der Waals surface area contributed by atoms with Gasteiger partial charge in [0.1, 0.15) is 18.8 Å². The van der Waals surface area contributed by atoms with Gasteiger partial charge in [-0.1, -0.05) is 67.2 Å². The zero-order valence-electron chi connectivity index (χ0n) is 23.5. The molecule has 0 radical (unpaired) electrons. The van der Waals surface area contributed by atoms with Crippen molar-refractivity contribution in [1.29, 1.82) is 0 Å². The van der Waals surface area contributed by atoms with E-state index in [0.717, 1.165) is 11.1 Å². The number of likely N-dealkylation sites (tertiary alicyclic amines) is 1. The summed E-state index contributed by atoms with van der Waals surface area (Å²) >= 11 is 6.45. The van der Waals surface area contributed by atoms with Gasteiger partial charge in [0.15, 0.2) is 12.1 Å². The number of primary amides is 1. The maximum atomic E-state index is 14.1. The number of quaternary nitrogens is 1. The number of nitrogens with two attached hydrogens (primary N) is 1. The van der Waals surface area contributed by atoms with Crippen LogP contribution in [0, 0.1) is 0 Å². The molecule has 2 aromatic carbocycles. The standard InChI is InChI=1S/C30H37ClN4O6/c1-19(33-29(40)41-18-21-13-9-6-10-14-21)27(38)34-23(15-20-11-7-5-8-12-20)25(36)28(39)35(30(2,3)4)17-22(31)16-24(35)26(32)37/h5-14,22-25,36H,1,15-18H2,2-4H3,(H3-,32,33,34,37,38,40)/p+1/t22-,23-,24-,25-,35?/m0/s1. The first-order valence-electron chi connectivity index (χ1n) is 13.3. The van der Waals surface area contributed by atoms with Crippen LogP contribution >= 0.6 is 11.6 Å². The first-order chi connectivity index (χ1) is 19.3. The molecule has 5 atom stereocenters. The summed E-state index contributed by atoms with van der Waals surface area (Å²) < 4.78 is 4.68. The minimum Gasteiger partial charge on any atom is -0.444 e. The van der Waals surface area contributed by atoms with Gasteiger partial charge in [-0.2, -0.15) is 0 Å². The molecule has 220 valence electrons. The fourth-order valence-electron chi connectivity index (χ4n) is 5.30. The summed E-state index contributed by atoms with van der Waals surface area (Å²) in [7, 11) is 0. The van der Waals surface area contributed by atoms with Gasteiger partial charge >= 0.3 is 12.0 Å². The second-order valence-electron chi connectivity index (χ2n) is 11.2. The maximum Gasteiger partial charge on any atom is 0.412 e. The molecule has 5 N–H and O–H groups in total. The van der Waals surface area contributed by atoms with Crippen LogP contribution in [0.25, 0.3) is 0 Å². The topological polar surface area (TPSA) is 148 Å². The molecule has 1 unspecified atom stereocenters. The molecule has 1 aliphatic heterocycles. The highest BCUT2D eigenvalue weighted by molar-refractivity contribution is 6.21. The SMILES string of the molecule is C=C(NC(=O)OCc1ccccc1)C(=O)N[C@@H](Cc1ccccc1)[C@H](O)C(=O)[N+]1(C(C)(C)C)C[C@@H](Cl)C[C@H]1C(N)=O. The second kappa shape index (κ2) is 13.3. The number of aliphatic hydroxyl groups is 1. The molecule has 3 rings (SSSR count). The molecular formula is C30H38ClN4O6+. The fraction of sp³-hybridized carbons (Fsp3) is 0.400. The highest BCUT2D eigenvalue weighted by atomic mass is 35.5. The van der Waals surface area contributed by atoms with Crippen LogP contribution in [-0.4, -0.2) is 69.1 Å². The Morgan fingerprint density at radius 2 is 1.63 bits per heavy atom. The van der Waals surface area contributed by atoms with Crippen molar-refractivity contribution in [3.63, 3.8) is 0 Å². The number of amides is 4. The molecule has 41 heavy (non-hydrogen) atoms. The van der Waals surface area contributed by atoms with E-state index in [1.807, 2.05) is 12.1 Å². The zero-order valence-corrected chi connectivity index (χ0v) is 24.3. The van der Waals surface area contributed by atoms with Gasteiger partial charge in [-0.25, -0.2) is 14.1 Å². The van der Waals surface area contributed by atoms with E-state index in [9.17, 15) is 24.3 Å². The van der Waals surface area contributed by atoms with Crippen molar-refractivity contribution >= 4 is 35.4 Å². The molecule has 1 fully saturated rings. The average Bonchev–Trinajstić information content (AvgIpc) is 3.30. The molecule has 10 nitrogen and oxygen atoms in total. The van der Waals surface area contributed by atoms with Gasteiger partial charge in [0.05, 0.1) is 17.0 Å². The number of hydrogen-bond acceptors (Lipinski definition) is 6. The van der Waals surface area contributed by atoms with Crippen LogP contribution in [0.4, 0.5) is 4.79 Å². The van der Waals surface area contributed by atoms with E-state index in [1.54, 1.807) is 69.3 Å². The van der Waals surface area contributed by atoms with Crippen molar-refractivity contribution in [2.45, 2.75) is 69.3 Å². The normalized spacial score (nSPS) is 21.8. The molecule has 0 saturated carbocycles. The number of ether oxygens (including phenoxy) is 1. The van der Waals surface area contributed by atoms with Gasteiger partial charge < -0.3 is 20.9 Å². The van der Waals surface area contributed by atoms with Crippen LogP contribution in [0.2, 0.25) is 0 Å². The van der Waals surface area contributed by atoms with Crippen LogP contribution in [0.15, 0.2) is 72.9 Å². The Kier molecular flexibility index (Phi) is 10.3. The van der Waals surface area contributed by atoms with E-state index in [-0.39, 0.29) is 31.7 Å². The summed E-state index contributed by atoms with van der Waals surface area (Å²) in [4.78, 5) is 52.0. The summed E-state index contributed by atoms with van der Waals surface area (Å²) in [5, 5.41) is 15.9. The Hall–Kier alpha value is -3.73. The fourth-order valence-corrected chi connectivity index (χ4v) is 5.68. The zero-order chi connectivity index (χ0) is 30.4. The Labute approximate surface area is 245 Å². The van der Waals surface area contributed by atoms with Gasteiger partial charge in [-0.05, 0) is 38.3 Å². The molecule has 4 amide bonds. The number of nitrogens with zero attached hydrogens (tertiary/aromatic N) is 1. The number of halogens is 1. The van der Waals surface area contributed by atoms with Crippen LogP contribution in [0.3, 0.4) is 0 Å². The second-order valence-corrected chi connectivity index (χ2v) is 11.8. The Morgan fingerprint density at radius 1 is 1.07 bits per heavy atom. The lowest BCUT2D eigenvalue weighted by Crippen LogP contribution is -2.72. The highest BCUT2D eigenvalue weighted by Gasteiger charge is 2.62. The van der Waals surface area contributed by atoms with E-state index in [2.05, 4.69) is 17.2 Å². The van der Waals surface area contributed by atoms with Crippen LogP contribution in [0.5, 0.6) is 0 Å². The lowest BCUT2D eigenvalue weighted by molar-refractivity contribution is -0.904. The van der Waals surface area contributed by atoms with Gasteiger partial charge in [0.25, 0.3) is 11.8 Å². The molecule has 11 heteroatoms. The predicted octanol–water partition coefficient (Wildman–Crippen LogP) is 2.52. The van der Waals surface area contributed by atoms with Crippen molar-refractivity contribution in [3.05, 3.63) is 84.1 Å². The quantitative estimate of drug-likeness (QED) is 0.191. The first-order valence-corrected chi connectivity index (χ1v) is 13.7. The minimum absolute atomic E-state index is 0.0131. The van der Waals surface area contributed by atoms with Gasteiger partial charge in [0, 0.05) is 6.42 Å². The number of benzene rings is 2. The van der Waals surface area contributed by atoms with Crippen molar-refractivity contribution in [2.24, 2.45) is 5.73 Å². The minimum atomic E-state index is -1.75.